The second kappa shape index (κ2) is 6.00. The Kier molecular flexibility index (Phi) is 4.66. The Balaban J connectivity index is 2.68. The van der Waals surface area contributed by atoms with Gasteiger partial charge < -0.3 is 16.8 Å². The van der Waals surface area contributed by atoms with Crippen molar-refractivity contribution in [2.24, 2.45) is 11.5 Å². The van der Waals surface area contributed by atoms with Gasteiger partial charge in [0.15, 0.2) is 0 Å². The highest BCUT2D eigenvalue weighted by atomic mass is 16.2. The molecule has 2 atom stereocenters. The van der Waals surface area contributed by atoms with Crippen molar-refractivity contribution >= 4 is 11.8 Å². The summed E-state index contributed by atoms with van der Waals surface area (Å²) in [4.78, 5) is 22.6. The maximum atomic E-state index is 11.4. The van der Waals surface area contributed by atoms with Crippen molar-refractivity contribution in [3.8, 4) is 0 Å². The van der Waals surface area contributed by atoms with Crippen molar-refractivity contribution in [3.63, 3.8) is 0 Å². The molecular formula is C12H17N3O2. The zero-order chi connectivity index (χ0) is 12.8. The molecule has 0 fully saturated rings. The molecule has 17 heavy (non-hydrogen) atoms. The largest absolute Gasteiger partial charge is 0.368 e. The van der Waals surface area contributed by atoms with Gasteiger partial charge in [0.2, 0.25) is 11.8 Å². The predicted molar refractivity (Wildman–Crippen MR) is 64.9 cm³/mol. The lowest BCUT2D eigenvalue weighted by atomic mass is 10.1. The van der Waals surface area contributed by atoms with E-state index in [1.54, 1.807) is 6.92 Å². The fourth-order valence-electron chi connectivity index (χ4n) is 1.38. The van der Waals surface area contributed by atoms with Crippen LogP contribution in [0.1, 0.15) is 12.5 Å². The maximum Gasteiger partial charge on any atom is 0.240 e. The SMILES string of the molecule is C[C@@H](N)C(=O)NC(Cc1ccccc1)C(N)=O. The Morgan fingerprint density at radius 2 is 1.88 bits per heavy atom. The third kappa shape index (κ3) is 4.24. The first-order valence-corrected chi connectivity index (χ1v) is 5.40. The number of hydrogen-bond acceptors (Lipinski definition) is 3. The highest BCUT2D eigenvalue weighted by molar-refractivity contribution is 5.88. The van der Waals surface area contributed by atoms with Crippen molar-refractivity contribution in [3.05, 3.63) is 35.9 Å². The molecule has 0 heterocycles. The second-order valence-electron chi connectivity index (χ2n) is 3.94. The van der Waals surface area contributed by atoms with Gasteiger partial charge in [-0.15, -0.1) is 0 Å². The number of carbonyl (C=O) groups excluding carboxylic acids is 2. The van der Waals surface area contributed by atoms with Gasteiger partial charge in [0, 0.05) is 6.42 Å². The van der Waals surface area contributed by atoms with Gasteiger partial charge in [-0.25, -0.2) is 0 Å². The molecular weight excluding hydrogens is 218 g/mol. The number of amides is 2. The van der Waals surface area contributed by atoms with Crippen LogP contribution >= 0.6 is 0 Å². The highest BCUT2D eigenvalue weighted by Gasteiger charge is 2.19. The van der Waals surface area contributed by atoms with Crippen molar-refractivity contribution in [1.82, 2.24) is 5.32 Å². The average molecular weight is 235 g/mol. The molecule has 5 heteroatoms. The molecule has 2 amide bonds. The molecule has 0 aromatic heterocycles. The Bertz CT molecular complexity index is 390. The van der Waals surface area contributed by atoms with E-state index in [9.17, 15) is 9.59 Å². The lowest BCUT2D eigenvalue weighted by Gasteiger charge is -2.16. The minimum atomic E-state index is -0.726. The molecule has 0 spiro atoms. The first-order chi connectivity index (χ1) is 8.00. The number of rotatable bonds is 5. The predicted octanol–water partition coefficient (Wildman–Crippen LogP) is -0.454. The summed E-state index contributed by atoms with van der Waals surface area (Å²) in [7, 11) is 0. The Labute approximate surface area is 100 Å². The number of primary amides is 1. The van der Waals surface area contributed by atoms with Crippen LogP contribution in [0.4, 0.5) is 0 Å². The smallest absolute Gasteiger partial charge is 0.240 e. The van der Waals surface area contributed by atoms with Crippen LogP contribution < -0.4 is 16.8 Å². The minimum absolute atomic E-state index is 0.370. The summed E-state index contributed by atoms with van der Waals surface area (Å²) < 4.78 is 0. The standard InChI is InChI=1S/C12H17N3O2/c1-8(13)12(17)15-10(11(14)16)7-9-5-3-2-4-6-9/h2-6,8,10H,7,13H2,1H3,(H2,14,16)(H,15,17)/t8-,10?/m1/s1. The number of carbonyl (C=O) groups is 2. The summed E-state index contributed by atoms with van der Waals surface area (Å²) in [5.74, 6) is -0.951. The van der Waals surface area contributed by atoms with E-state index in [4.69, 9.17) is 11.5 Å². The van der Waals surface area contributed by atoms with Crippen LogP contribution in [-0.4, -0.2) is 23.9 Å². The van der Waals surface area contributed by atoms with E-state index < -0.39 is 18.0 Å². The molecule has 1 rings (SSSR count). The van der Waals surface area contributed by atoms with E-state index in [0.717, 1.165) is 5.56 Å². The maximum absolute atomic E-state index is 11.4. The normalized spacial score (nSPS) is 13.8. The van der Waals surface area contributed by atoms with Crippen LogP contribution in [0.15, 0.2) is 30.3 Å². The monoisotopic (exact) mass is 235 g/mol. The molecule has 0 aliphatic heterocycles. The second-order valence-corrected chi connectivity index (χ2v) is 3.94. The fourth-order valence-corrected chi connectivity index (χ4v) is 1.38. The lowest BCUT2D eigenvalue weighted by molar-refractivity contribution is -0.127. The summed E-state index contributed by atoms with van der Waals surface area (Å²) in [6, 6.07) is 7.95. The topological polar surface area (TPSA) is 98.2 Å². The molecule has 0 saturated heterocycles. The molecule has 1 aromatic carbocycles. The van der Waals surface area contributed by atoms with Crippen molar-refractivity contribution in [2.75, 3.05) is 0 Å². The summed E-state index contributed by atoms with van der Waals surface area (Å²) in [5, 5.41) is 2.53. The van der Waals surface area contributed by atoms with Crippen molar-refractivity contribution in [2.45, 2.75) is 25.4 Å². The van der Waals surface area contributed by atoms with Crippen LogP contribution in [0.5, 0.6) is 0 Å². The summed E-state index contributed by atoms with van der Waals surface area (Å²) in [6.45, 7) is 1.55. The van der Waals surface area contributed by atoms with Crippen molar-refractivity contribution in [1.29, 1.82) is 0 Å². The van der Waals surface area contributed by atoms with E-state index in [2.05, 4.69) is 5.32 Å². The van der Waals surface area contributed by atoms with Crippen LogP contribution in [0.25, 0.3) is 0 Å². The number of nitrogens with two attached hydrogens (primary N) is 2. The van der Waals surface area contributed by atoms with Gasteiger partial charge in [0.05, 0.1) is 6.04 Å². The Hall–Kier alpha value is -1.88. The Morgan fingerprint density at radius 1 is 1.29 bits per heavy atom. The molecule has 0 saturated carbocycles. The van der Waals surface area contributed by atoms with Crippen LogP contribution in [0.3, 0.4) is 0 Å². The first kappa shape index (κ1) is 13.2. The summed E-state index contributed by atoms with van der Waals surface area (Å²) in [5.41, 5.74) is 11.6. The highest BCUT2D eigenvalue weighted by Crippen LogP contribution is 2.03. The fraction of sp³-hybridized carbons (Fsp3) is 0.333. The van der Waals surface area contributed by atoms with Crippen molar-refractivity contribution < 1.29 is 9.59 Å². The molecule has 0 aliphatic rings. The zero-order valence-corrected chi connectivity index (χ0v) is 9.72. The minimum Gasteiger partial charge on any atom is -0.368 e. The third-order valence-corrected chi connectivity index (χ3v) is 2.36. The lowest BCUT2D eigenvalue weighted by Crippen LogP contribution is -2.50. The molecule has 0 radical (unpaired) electrons. The van der Waals surface area contributed by atoms with Gasteiger partial charge in [0.1, 0.15) is 6.04 Å². The third-order valence-electron chi connectivity index (χ3n) is 2.36. The molecule has 1 unspecified atom stereocenters. The van der Waals surface area contributed by atoms with E-state index >= 15 is 0 Å². The molecule has 1 aromatic rings. The Morgan fingerprint density at radius 3 is 2.35 bits per heavy atom. The number of nitrogens with one attached hydrogen (secondary N) is 1. The molecule has 92 valence electrons. The van der Waals surface area contributed by atoms with Gasteiger partial charge in [-0.05, 0) is 12.5 Å². The summed E-state index contributed by atoms with van der Waals surface area (Å²) >= 11 is 0. The van der Waals surface area contributed by atoms with Gasteiger partial charge in [-0.1, -0.05) is 30.3 Å². The number of benzene rings is 1. The summed E-state index contributed by atoms with van der Waals surface area (Å²) in [6.07, 6.45) is 0.370. The van der Waals surface area contributed by atoms with Gasteiger partial charge >= 0.3 is 0 Å². The van der Waals surface area contributed by atoms with Crippen LogP contribution in [-0.2, 0) is 16.0 Å². The van der Waals surface area contributed by atoms with E-state index in [-0.39, 0.29) is 5.91 Å². The molecule has 0 bridgehead atoms. The number of hydrogen-bond donors (Lipinski definition) is 3. The average Bonchev–Trinajstić information content (AvgIpc) is 2.29. The first-order valence-electron chi connectivity index (χ1n) is 5.40. The molecule has 0 aliphatic carbocycles. The van der Waals surface area contributed by atoms with Gasteiger partial charge in [0.25, 0.3) is 0 Å². The van der Waals surface area contributed by atoms with E-state index in [1.165, 1.54) is 0 Å². The van der Waals surface area contributed by atoms with E-state index in [0.29, 0.717) is 6.42 Å². The van der Waals surface area contributed by atoms with E-state index in [1.807, 2.05) is 30.3 Å². The van der Waals surface area contributed by atoms with Crippen LogP contribution in [0, 0.1) is 0 Å². The zero-order valence-electron chi connectivity index (χ0n) is 9.72. The van der Waals surface area contributed by atoms with Gasteiger partial charge in [-0.3, -0.25) is 9.59 Å². The van der Waals surface area contributed by atoms with Gasteiger partial charge in [-0.2, -0.15) is 0 Å². The van der Waals surface area contributed by atoms with Crippen LogP contribution in [0.2, 0.25) is 0 Å². The molecule has 5 nitrogen and oxygen atoms in total. The quantitative estimate of drug-likeness (QED) is 0.644. The molecule has 5 N–H and O–H groups in total.